The summed E-state index contributed by atoms with van der Waals surface area (Å²) in [5.41, 5.74) is 3.73. The second-order valence-electron chi connectivity index (χ2n) is 6.84. The van der Waals surface area contributed by atoms with Crippen LogP contribution < -0.4 is 5.32 Å². The van der Waals surface area contributed by atoms with Crippen LogP contribution in [0, 0.1) is 6.92 Å². The van der Waals surface area contributed by atoms with Crippen molar-refractivity contribution in [3.05, 3.63) is 29.1 Å². The monoisotopic (exact) mass is 357 g/mol. The maximum atomic E-state index is 12.0. The molecule has 0 aliphatic heterocycles. The van der Waals surface area contributed by atoms with Crippen LogP contribution in [0.4, 0.5) is 0 Å². The van der Waals surface area contributed by atoms with Gasteiger partial charge in [-0.15, -0.1) is 10.2 Å². The maximum Gasteiger partial charge on any atom is 0.230 e. The minimum absolute atomic E-state index is 0.0853. The van der Waals surface area contributed by atoms with Crippen molar-refractivity contribution in [2.24, 2.45) is 0 Å². The first-order chi connectivity index (χ1) is 12.2. The molecule has 132 valence electrons. The number of carbonyl (C=O) groups excluding carboxylic acids is 1. The minimum Gasteiger partial charge on any atom is -0.353 e. The molecular weight excluding hydrogens is 334 g/mol. The molecular formula is C18H23N5OS. The number of thioether (sulfide) groups is 1. The van der Waals surface area contributed by atoms with Gasteiger partial charge in [0.1, 0.15) is 5.03 Å². The molecule has 1 amide bonds. The van der Waals surface area contributed by atoms with Crippen LogP contribution in [0.5, 0.6) is 0 Å². The van der Waals surface area contributed by atoms with Gasteiger partial charge >= 0.3 is 0 Å². The number of nitrogens with one attached hydrogen (secondary N) is 1. The Kier molecular flexibility index (Phi) is 4.74. The second kappa shape index (κ2) is 7.15. The lowest BCUT2D eigenvalue weighted by molar-refractivity contribution is -0.119. The van der Waals surface area contributed by atoms with Crippen LogP contribution >= 0.6 is 11.8 Å². The normalized spacial score (nSPS) is 17.0. The fourth-order valence-electron chi connectivity index (χ4n) is 3.76. The summed E-state index contributed by atoms with van der Waals surface area (Å²) < 4.78 is 1.89. The van der Waals surface area contributed by atoms with E-state index in [0.717, 1.165) is 42.2 Å². The van der Waals surface area contributed by atoms with E-state index in [2.05, 4.69) is 27.5 Å². The molecule has 1 N–H and O–H groups in total. The molecule has 4 rings (SSSR count). The van der Waals surface area contributed by atoms with Gasteiger partial charge in [-0.25, -0.2) is 4.68 Å². The molecule has 0 aromatic carbocycles. The Balaban J connectivity index is 1.36. The van der Waals surface area contributed by atoms with Gasteiger partial charge < -0.3 is 5.32 Å². The van der Waals surface area contributed by atoms with Gasteiger partial charge in [0.15, 0.2) is 5.82 Å². The lowest BCUT2D eigenvalue weighted by atomic mass is 10.2. The third-order valence-electron chi connectivity index (χ3n) is 5.08. The average Bonchev–Trinajstić information content (AvgIpc) is 3.34. The Labute approximate surface area is 151 Å². The largest absolute Gasteiger partial charge is 0.353 e. The van der Waals surface area contributed by atoms with Crippen LogP contribution in [0.15, 0.2) is 17.2 Å². The average molecular weight is 357 g/mol. The zero-order chi connectivity index (χ0) is 17.2. The van der Waals surface area contributed by atoms with E-state index in [1.165, 1.54) is 42.3 Å². The molecule has 2 heterocycles. The van der Waals surface area contributed by atoms with Crippen molar-refractivity contribution in [1.29, 1.82) is 0 Å². The molecule has 0 spiro atoms. The highest BCUT2D eigenvalue weighted by molar-refractivity contribution is 7.99. The summed E-state index contributed by atoms with van der Waals surface area (Å²) in [6.45, 7) is 2.09. The lowest BCUT2D eigenvalue weighted by Crippen LogP contribution is -2.33. The smallest absolute Gasteiger partial charge is 0.230 e. The van der Waals surface area contributed by atoms with Crippen LogP contribution in [0.1, 0.15) is 49.1 Å². The van der Waals surface area contributed by atoms with Gasteiger partial charge in [0, 0.05) is 11.7 Å². The number of rotatable bonds is 5. The van der Waals surface area contributed by atoms with E-state index in [4.69, 9.17) is 0 Å². The number of nitrogens with zero attached hydrogens (tertiary/aromatic N) is 4. The highest BCUT2D eigenvalue weighted by Crippen LogP contribution is 2.26. The molecule has 0 bridgehead atoms. The molecule has 6 nitrogen and oxygen atoms in total. The third-order valence-corrected chi connectivity index (χ3v) is 6.00. The first-order valence-corrected chi connectivity index (χ1v) is 10.0. The fourth-order valence-corrected chi connectivity index (χ4v) is 4.38. The molecule has 1 saturated carbocycles. The van der Waals surface area contributed by atoms with Crippen LogP contribution in [-0.4, -0.2) is 37.7 Å². The molecule has 2 aromatic rings. The van der Waals surface area contributed by atoms with E-state index in [0.29, 0.717) is 11.8 Å². The van der Waals surface area contributed by atoms with E-state index in [1.807, 2.05) is 16.8 Å². The first kappa shape index (κ1) is 16.6. The highest BCUT2D eigenvalue weighted by Gasteiger charge is 2.21. The van der Waals surface area contributed by atoms with E-state index in [1.54, 1.807) is 0 Å². The van der Waals surface area contributed by atoms with Crippen LogP contribution in [-0.2, 0) is 17.6 Å². The molecule has 7 heteroatoms. The van der Waals surface area contributed by atoms with Crippen molar-refractivity contribution in [3.63, 3.8) is 0 Å². The van der Waals surface area contributed by atoms with Gasteiger partial charge in [-0.05, 0) is 56.7 Å². The predicted octanol–water partition coefficient (Wildman–Crippen LogP) is 2.61. The van der Waals surface area contributed by atoms with Crippen molar-refractivity contribution < 1.29 is 4.79 Å². The Bertz CT molecular complexity index is 765. The van der Waals surface area contributed by atoms with E-state index in [-0.39, 0.29) is 5.91 Å². The molecule has 0 saturated heterocycles. The van der Waals surface area contributed by atoms with Crippen LogP contribution in [0.3, 0.4) is 0 Å². The zero-order valence-corrected chi connectivity index (χ0v) is 15.3. The number of aromatic nitrogens is 4. The SMILES string of the molecule is Cc1c2c(nn1-c1ccc(SCC(=O)NC3CCCC3)nn1)CCC2. The number of carbonyl (C=O) groups is 1. The number of hydrogen-bond acceptors (Lipinski definition) is 5. The fraction of sp³-hybridized carbons (Fsp3) is 0.556. The first-order valence-electron chi connectivity index (χ1n) is 9.04. The number of aryl methyl sites for hydroxylation is 1. The summed E-state index contributed by atoms with van der Waals surface area (Å²) in [5, 5.41) is 17.1. The Hall–Kier alpha value is -1.89. The molecule has 2 aliphatic rings. The highest BCUT2D eigenvalue weighted by atomic mass is 32.2. The molecule has 0 unspecified atom stereocenters. The maximum absolute atomic E-state index is 12.0. The lowest BCUT2D eigenvalue weighted by Gasteiger charge is -2.11. The van der Waals surface area contributed by atoms with Crippen molar-refractivity contribution in [3.8, 4) is 5.82 Å². The summed E-state index contributed by atoms with van der Waals surface area (Å²) in [7, 11) is 0. The van der Waals surface area contributed by atoms with Crippen molar-refractivity contribution in [2.75, 3.05) is 5.75 Å². The predicted molar refractivity (Wildman–Crippen MR) is 97.0 cm³/mol. The summed E-state index contributed by atoms with van der Waals surface area (Å²) in [6, 6.07) is 4.22. The van der Waals surface area contributed by atoms with Crippen molar-refractivity contribution >= 4 is 17.7 Å². The van der Waals surface area contributed by atoms with E-state index in [9.17, 15) is 4.79 Å². The van der Waals surface area contributed by atoms with Gasteiger partial charge in [-0.1, -0.05) is 24.6 Å². The van der Waals surface area contributed by atoms with Crippen LogP contribution in [0.2, 0.25) is 0 Å². The minimum atomic E-state index is 0.0853. The number of hydrogen-bond donors (Lipinski definition) is 1. The second-order valence-corrected chi connectivity index (χ2v) is 7.84. The molecule has 2 aliphatic carbocycles. The molecule has 25 heavy (non-hydrogen) atoms. The summed E-state index contributed by atoms with van der Waals surface area (Å²) in [4.78, 5) is 12.0. The van der Waals surface area contributed by atoms with Gasteiger partial charge in [-0.2, -0.15) is 5.10 Å². The summed E-state index contributed by atoms with van der Waals surface area (Å²) in [5.74, 6) is 1.22. The topological polar surface area (TPSA) is 72.7 Å². The Morgan fingerprint density at radius 2 is 2.08 bits per heavy atom. The summed E-state index contributed by atoms with van der Waals surface area (Å²) >= 11 is 1.43. The summed E-state index contributed by atoms with van der Waals surface area (Å²) in [6.07, 6.45) is 8.03. The molecule has 0 atom stereocenters. The quantitative estimate of drug-likeness (QED) is 0.833. The van der Waals surface area contributed by atoms with E-state index >= 15 is 0 Å². The Morgan fingerprint density at radius 3 is 2.80 bits per heavy atom. The van der Waals surface area contributed by atoms with Gasteiger partial charge in [0.25, 0.3) is 0 Å². The zero-order valence-electron chi connectivity index (χ0n) is 14.5. The van der Waals surface area contributed by atoms with Crippen molar-refractivity contribution in [1.82, 2.24) is 25.3 Å². The molecule has 1 fully saturated rings. The standard InChI is InChI=1S/C18H23N5OS/c1-12-14-7-4-8-15(14)22-23(12)16-9-10-18(21-20-16)25-11-17(24)19-13-5-2-3-6-13/h9-10,13H,2-8,11H2,1H3,(H,19,24). The van der Waals surface area contributed by atoms with Crippen molar-refractivity contribution in [2.45, 2.75) is 62.9 Å². The van der Waals surface area contributed by atoms with Gasteiger partial charge in [0.05, 0.1) is 11.4 Å². The van der Waals surface area contributed by atoms with Gasteiger partial charge in [0.2, 0.25) is 5.91 Å². The molecule has 0 radical (unpaired) electrons. The Morgan fingerprint density at radius 1 is 1.24 bits per heavy atom. The molecule has 2 aromatic heterocycles. The van der Waals surface area contributed by atoms with Gasteiger partial charge in [-0.3, -0.25) is 4.79 Å². The van der Waals surface area contributed by atoms with Crippen LogP contribution in [0.25, 0.3) is 5.82 Å². The number of amides is 1. The third kappa shape index (κ3) is 3.56. The van der Waals surface area contributed by atoms with E-state index < -0.39 is 0 Å². The number of fused-ring (bicyclic) bond motifs is 1.